The third kappa shape index (κ3) is 4.46. The zero-order valence-electron chi connectivity index (χ0n) is 20.0. The Kier molecular flexibility index (Phi) is 5.70. The number of rotatable bonds is 6. The summed E-state index contributed by atoms with van der Waals surface area (Å²) in [6.07, 6.45) is 7.08. The first kappa shape index (κ1) is 22.1. The second kappa shape index (κ2) is 9.31. The van der Waals surface area contributed by atoms with Gasteiger partial charge in [-0.05, 0) is 42.4 Å². The maximum Gasteiger partial charge on any atom is 0.276 e. The van der Waals surface area contributed by atoms with Gasteiger partial charge in [-0.3, -0.25) is 19.7 Å². The molecule has 36 heavy (non-hydrogen) atoms. The monoisotopic (exact) mass is 481 g/mol. The second-order valence-electron chi connectivity index (χ2n) is 9.16. The van der Waals surface area contributed by atoms with Crippen molar-refractivity contribution in [2.24, 2.45) is 0 Å². The molecular weight excluding hydrogens is 454 g/mol. The molecule has 3 N–H and O–H groups in total. The van der Waals surface area contributed by atoms with Gasteiger partial charge < -0.3 is 15.1 Å². The predicted octanol–water partition coefficient (Wildman–Crippen LogP) is 3.20. The van der Waals surface area contributed by atoms with Crippen molar-refractivity contribution in [1.29, 1.82) is 0 Å². The largest absolute Gasteiger partial charge is 0.369 e. The Morgan fingerprint density at radius 2 is 1.94 bits per heavy atom. The SMILES string of the molecule is CN1CCN(c2cccc(Cn3cc(NC(=O)c4n[nH]c5cc(-c6cn[nH]c6)ccc45)cn3)c2)CC1. The average molecular weight is 482 g/mol. The molecule has 0 bridgehead atoms. The van der Waals surface area contributed by atoms with E-state index in [0.717, 1.165) is 48.2 Å². The van der Waals surface area contributed by atoms with Gasteiger partial charge in [-0.15, -0.1) is 0 Å². The quantitative estimate of drug-likeness (QED) is 0.344. The van der Waals surface area contributed by atoms with Crippen LogP contribution in [0, 0.1) is 0 Å². The molecule has 1 aliphatic heterocycles. The molecule has 1 fully saturated rings. The topological polar surface area (TPSA) is 111 Å². The van der Waals surface area contributed by atoms with Crippen LogP contribution >= 0.6 is 0 Å². The van der Waals surface area contributed by atoms with Crippen LogP contribution in [-0.2, 0) is 6.54 Å². The van der Waals surface area contributed by atoms with E-state index >= 15 is 0 Å². The molecular formula is C26H27N9O. The van der Waals surface area contributed by atoms with Crippen LogP contribution in [0.3, 0.4) is 0 Å². The number of hydrogen-bond donors (Lipinski definition) is 3. The normalized spacial score (nSPS) is 14.4. The average Bonchev–Trinajstić information content (AvgIpc) is 3.66. The Labute approximate surface area is 207 Å². The van der Waals surface area contributed by atoms with Gasteiger partial charge in [0.25, 0.3) is 5.91 Å². The number of hydrogen-bond acceptors (Lipinski definition) is 6. The van der Waals surface area contributed by atoms with E-state index in [2.05, 4.69) is 71.9 Å². The molecule has 1 saturated heterocycles. The number of anilines is 2. The maximum absolute atomic E-state index is 13.0. The number of amides is 1. The van der Waals surface area contributed by atoms with Crippen molar-refractivity contribution in [3.8, 4) is 11.1 Å². The predicted molar refractivity (Wildman–Crippen MR) is 139 cm³/mol. The van der Waals surface area contributed by atoms with E-state index < -0.39 is 0 Å². The number of likely N-dealkylation sites (N-methyl/N-ethyl adjacent to an activating group) is 1. The van der Waals surface area contributed by atoms with Crippen LogP contribution in [0.25, 0.3) is 22.0 Å². The van der Waals surface area contributed by atoms with Gasteiger partial charge in [0.2, 0.25) is 0 Å². The van der Waals surface area contributed by atoms with E-state index in [-0.39, 0.29) is 5.91 Å². The van der Waals surface area contributed by atoms with Crippen LogP contribution in [0.1, 0.15) is 16.1 Å². The zero-order valence-corrected chi connectivity index (χ0v) is 20.0. The molecule has 3 aromatic heterocycles. The van der Waals surface area contributed by atoms with Gasteiger partial charge in [-0.2, -0.15) is 15.3 Å². The Bertz CT molecular complexity index is 1490. The second-order valence-corrected chi connectivity index (χ2v) is 9.16. The van der Waals surface area contributed by atoms with Gasteiger partial charge in [0.1, 0.15) is 0 Å². The number of carbonyl (C=O) groups excluding carboxylic acids is 1. The summed E-state index contributed by atoms with van der Waals surface area (Å²) < 4.78 is 1.83. The summed E-state index contributed by atoms with van der Waals surface area (Å²) in [4.78, 5) is 17.7. The summed E-state index contributed by atoms with van der Waals surface area (Å²) in [6, 6.07) is 14.4. The molecule has 1 amide bonds. The molecule has 6 rings (SSSR count). The fourth-order valence-corrected chi connectivity index (χ4v) is 4.59. The molecule has 0 unspecified atom stereocenters. The van der Waals surface area contributed by atoms with Crippen molar-refractivity contribution in [1.82, 2.24) is 35.1 Å². The van der Waals surface area contributed by atoms with Crippen molar-refractivity contribution in [2.75, 3.05) is 43.4 Å². The Hall–Kier alpha value is -4.44. The van der Waals surface area contributed by atoms with E-state index in [1.54, 1.807) is 12.4 Å². The molecule has 5 aromatic rings. The number of fused-ring (bicyclic) bond motifs is 1. The Morgan fingerprint density at radius 3 is 2.78 bits per heavy atom. The summed E-state index contributed by atoms with van der Waals surface area (Å²) in [7, 11) is 2.16. The van der Waals surface area contributed by atoms with Crippen LogP contribution in [0.5, 0.6) is 0 Å². The maximum atomic E-state index is 13.0. The molecule has 2 aromatic carbocycles. The van der Waals surface area contributed by atoms with E-state index in [0.29, 0.717) is 17.9 Å². The first-order valence-corrected chi connectivity index (χ1v) is 12.0. The van der Waals surface area contributed by atoms with Crippen LogP contribution in [-0.4, -0.2) is 74.2 Å². The smallest absolute Gasteiger partial charge is 0.276 e. The summed E-state index contributed by atoms with van der Waals surface area (Å²) in [5.41, 5.74) is 6.12. The molecule has 182 valence electrons. The summed E-state index contributed by atoms with van der Waals surface area (Å²) in [5, 5.41) is 22.1. The summed E-state index contributed by atoms with van der Waals surface area (Å²) >= 11 is 0. The zero-order chi connectivity index (χ0) is 24.5. The van der Waals surface area contributed by atoms with E-state index in [1.165, 1.54) is 11.3 Å². The highest BCUT2D eigenvalue weighted by Crippen LogP contribution is 2.25. The van der Waals surface area contributed by atoms with E-state index in [9.17, 15) is 4.79 Å². The molecule has 4 heterocycles. The molecule has 0 saturated carbocycles. The minimum Gasteiger partial charge on any atom is -0.369 e. The lowest BCUT2D eigenvalue weighted by Crippen LogP contribution is -2.44. The van der Waals surface area contributed by atoms with Crippen LogP contribution < -0.4 is 10.2 Å². The number of piperazine rings is 1. The standard InChI is InChI=1S/C26H27N9O/c1-33-7-9-34(10-8-33)22-4-2-3-18(11-22)16-35-17-21(15-29-35)30-26(36)25-23-6-5-19(12-24(23)31-32-25)20-13-27-28-14-20/h2-6,11-15,17H,7-10,16H2,1H3,(H,27,28)(H,30,36)(H,31,32). The van der Waals surface area contributed by atoms with E-state index in [1.807, 2.05) is 35.3 Å². The molecule has 0 radical (unpaired) electrons. The highest BCUT2D eigenvalue weighted by Gasteiger charge is 2.17. The van der Waals surface area contributed by atoms with Crippen molar-refractivity contribution in [2.45, 2.75) is 6.54 Å². The summed E-state index contributed by atoms with van der Waals surface area (Å²) in [5.74, 6) is -0.283. The number of carbonyl (C=O) groups is 1. The van der Waals surface area contributed by atoms with Gasteiger partial charge in [-0.1, -0.05) is 18.2 Å². The third-order valence-electron chi connectivity index (χ3n) is 6.62. The number of aromatic nitrogens is 6. The molecule has 10 heteroatoms. The fourth-order valence-electron chi connectivity index (χ4n) is 4.59. The number of nitrogens with one attached hydrogen (secondary N) is 3. The Morgan fingerprint density at radius 1 is 1.06 bits per heavy atom. The summed E-state index contributed by atoms with van der Waals surface area (Å²) in [6.45, 7) is 4.83. The van der Waals surface area contributed by atoms with Gasteiger partial charge in [0, 0.05) is 55.2 Å². The highest BCUT2D eigenvalue weighted by atomic mass is 16.2. The van der Waals surface area contributed by atoms with Crippen molar-refractivity contribution in [3.05, 3.63) is 78.5 Å². The minimum absolute atomic E-state index is 0.283. The van der Waals surface area contributed by atoms with Gasteiger partial charge in [-0.25, -0.2) is 0 Å². The number of H-pyrrole nitrogens is 2. The first-order valence-electron chi connectivity index (χ1n) is 12.0. The minimum atomic E-state index is -0.283. The van der Waals surface area contributed by atoms with Crippen molar-refractivity contribution >= 4 is 28.2 Å². The lowest BCUT2D eigenvalue weighted by molar-refractivity contribution is 0.102. The van der Waals surface area contributed by atoms with E-state index in [4.69, 9.17) is 0 Å². The highest BCUT2D eigenvalue weighted by molar-refractivity contribution is 6.11. The van der Waals surface area contributed by atoms with Crippen LogP contribution in [0.15, 0.2) is 67.3 Å². The molecule has 1 aliphatic rings. The fraction of sp³-hybridized carbons (Fsp3) is 0.231. The third-order valence-corrected chi connectivity index (χ3v) is 6.62. The van der Waals surface area contributed by atoms with Crippen LogP contribution in [0.2, 0.25) is 0 Å². The van der Waals surface area contributed by atoms with Gasteiger partial charge in [0.15, 0.2) is 5.69 Å². The molecule has 0 atom stereocenters. The molecule has 0 spiro atoms. The van der Waals surface area contributed by atoms with Crippen molar-refractivity contribution < 1.29 is 4.79 Å². The molecule has 0 aliphatic carbocycles. The first-order chi connectivity index (χ1) is 17.6. The Balaban J connectivity index is 1.13. The number of nitrogens with zero attached hydrogens (tertiary/aromatic N) is 6. The van der Waals surface area contributed by atoms with Crippen molar-refractivity contribution in [3.63, 3.8) is 0 Å². The number of aromatic amines is 2. The van der Waals surface area contributed by atoms with Gasteiger partial charge >= 0.3 is 0 Å². The molecule has 10 nitrogen and oxygen atoms in total. The van der Waals surface area contributed by atoms with Crippen LogP contribution in [0.4, 0.5) is 11.4 Å². The lowest BCUT2D eigenvalue weighted by Gasteiger charge is -2.34. The van der Waals surface area contributed by atoms with Gasteiger partial charge in [0.05, 0.1) is 30.1 Å². The number of benzene rings is 2. The lowest BCUT2D eigenvalue weighted by atomic mass is 10.1.